The number of pyridine rings is 1. The van der Waals surface area contributed by atoms with Crippen molar-refractivity contribution in [3.8, 4) is 39.5 Å². The van der Waals surface area contributed by atoms with E-state index < -0.39 is 19.9 Å². The van der Waals surface area contributed by atoms with Gasteiger partial charge in [-0.05, 0) is 105 Å². The Morgan fingerprint density at radius 1 is 0.731 bits per heavy atom. The summed E-state index contributed by atoms with van der Waals surface area (Å²) in [6.45, 7) is 30.4. The number of nitrogens with zero attached hydrogens (tertiary/aromatic N) is 3. The number of rotatable bonds is 8. The first-order chi connectivity index (χ1) is 32.0. The molecule has 0 N–H and O–H groups in total. The maximum absolute atomic E-state index is 8.89. The molecule has 67 heavy (non-hydrogen) atoms. The van der Waals surface area contributed by atoms with Crippen molar-refractivity contribution in [3.05, 3.63) is 167 Å². The number of aromatic nitrogens is 3. The van der Waals surface area contributed by atoms with Crippen LogP contribution in [0.5, 0.6) is 0 Å². The van der Waals surface area contributed by atoms with Crippen LogP contribution in [0.4, 0.5) is 0 Å². The van der Waals surface area contributed by atoms with Crippen LogP contribution in [0.2, 0.25) is 19.6 Å². The van der Waals surface area contributed by atoms with Gasteiger partial charge < -0.3 is 14.0 Å². The molecule has 6 heteroatoms. The van der Waals surface area contributed by atoms with Gasteiger partial charge in [0.15, 0.2) is 0 Å². The summed E-state index contributed by atoms with van der Waals surface area (Å²) in [5.41, 5.74) is 15.4. The molecular formula is C61H67IrN3OSi-2. The van der Waals surface area contributed by atoms with Gasteiger partial charge in [-0.2, -0.15) is 0 Å². The number of fused-ring (bicyclic) bond motifs is 4. The first kappa shape index (κ1) is 46.7. The molecule has 6 aromatic carbocycles. The summed E-state index contributed by atoms with van der Waals surface area (Å²) >= 11 is 0. The Morgan fingerprint density at radius 3 is 2.03 bits per heavy atom. The second kappa shape index (κ2) is 19.3. The maximum atomic E-state index is 8.89. The van der Waals surface area contributed by atoms with Crippen LogP contribution < -0.4 is 5.19 Å². The molecule has 347 valence electrons. The Labute approximate surface area is 417 Å². The van der Waals surface area contributed by atoms with E-state index in [1.165, 1.54) is 39.1 Å². The van der Waals surface area contributed by atoms with Gasteiger partial charge in [0.1, 0.15) is 5.58 Å². The van der Waals surface area contributed by atoms with Crippen LogP contribution >= 0.6 is 0 Å². The molecule has 0 bridgehead atoms. The van der Waals surface area contributed by atoms with Gasteiger partial charge in [0, 0.05) is 40.1 Å². The number of hydrogen-bond acceptors (Lipinski definition) is 3. The second-order valence-electron chi connectivity index (χ2n) is 21.6. The average molecular weight is 1080 g/mol. The smallest absolute Gasteiger partial charge is 0.121 e. The topological polar surface area (TPSA) is 43.9 Å². The first-order valence-corrected chi connectivity index (χ1v) is 27.0. The fourth-order valence-electron chi connectivity index (χ4n) is 8.84. The monoisotopic (exact) mass is 1080 g/mol. The van der Waals surface area contributed by atoms with E-state index in [9.17, 15) is 0 Å². The van der Waals surface area contributed by atoms with E-state index in [0.29, 0.717) is 11.8 Å². The second-order valence-corrected chi connectivity index (χ2v) is 26.7. The molecule has 3 heterocycles. The van der Waals surface area contributed by atoms with Gasteiger partial charge in [-0.15, -0.1) is 53.6 Å². The minimum absolute atomic E-state index is 0. The Hall–Kier alpha value is -5.39. The van der Waals surface area contributed by atoms with Crippen LogP contribution in [0.15, 0.2) is 132 Å². The summed E-state index contributed by atoms with van der Waals surface area (Å²) in [4.78, 5) is 9.98. The molecule has 0 unspecified atom stereocenters. The van der Waals surface area contributed by atoms with Crippen LogP contribution in [-0.4, -0.2) is 22.6 Å². The maximum Gasteiger partial charge on any atom is 0.121 e. The number of hydrogen-bond donors (Lipinski definition) is 0. The Kier molecular flexibility index (Phi) is 13.5. The number of furan rings is 1. The standard InChI is InChI=1S/C38H33N2O.C23H34NSi.Ir/c1-23(2)31-21-27(26-12-7-6-8-13-26)22-32(24(3)4)36(31)40-34-17-10-9-16-33(34)39-38(40)30-15-11-14-29-28-19-18-25(5)20-35(28)41-37(29)30;1-22(2,3)15-18-14-20(24-16-21(18)25(7,8)9)17-11-10-12-19(13-17)23(4,5)6;/h6-14,16-24H,1-5H3;10,12-14,16H,15H2,1-9H3;/q2*-1;/i;15D2;. The van der Waals surface area contributed by atoms with Gasteiger partial charge >= 0.3 is 0 Å². The van der Waals surface area contributed by atoms with Gasteiger partial charge in [0.25, 0.3) is 0 Å². The molecule has 0 atom stereocenters. The van der Waals surface area contributed by atoms with Crippen LogP contribution in [-0.2, 0) is 31.9 Å². The van der Waals surface area contributed by atoms with Crippen LogP contribution in [0.25, 0.3) is 72.4 Å². The third kappa shape index (κ3) is 10.5. The molecule has 0 amide bonds. The number of para-hydroxylation sites is 2. The van der Waals surface area contributed by atoms with Gasteiger partial charge in [0.05, 0.1) is 30.5 Å². The number of benzene rings is 6. The summed E-state index contributed by atoms with van der Waals surface area (Å²) in [6, 6.07) is 49.3. The Morgan fingerprint density at radius 2 is 1.39 bits per heavy atom. The predicted octanol–water partition coefficient (Wildman–Crippen LogP) is 16.6. The van der Waals surface area contributed by atoms with E-state index in [4.69, 9.17) is 17.1 Å². The number of imidazole rings is 1. The molecule has 4 nitrogen and oxygen atoms in total. The van der Waals surface area contributed by atoms with Crippen molar-refractivity contribution in [3.63, 3.8) is 0 Å². The quantitative estimate of drug-likeness (QED) is 0.112. The molecule has 3 aromatic heterocycles. The minimum Gasteiger partial charge on any atom is -0.501 e. The van der Waals surface area contributed by atoms with Crippen LogP contribution in [0.3, 0.4) is 0 Å². The van der Waals surface area contributed by atoms with E-state index in [1.807, 2.05) is 45.2 Å². The van der Waals surface area contributed by atoms with Crippen molar-refractivity contribution in [2.75, 3.05) is 0 Å². The van der Waals surface area contributed by atoms with E-state index in [2.05, 4.69) is 195 Å². The fraction of sp³-hybridized carbons (Fsp3) is 0.311. The third-order valence-corrected chi connectivity index (χ3v) is 14.3. The van der Waals surface area contributed by atoms with E-state index in [1.54, 1.807) is 0 Å². The van der Waals surface area contributed by atoms with Gasteiger partial charge in [-0.3, -0.25) is 4.98 Å². The van der Waals surface area contributed by atoms with Crippen LogP contribution in [0.1, 0.15) is 112 Å². The largest absolute Gasteiger partial charge is 0.501 e. The molecule has 0 aliphatic rings. The zero-order valence-corrected chi connectivity index (χ0v) is 45.3. The summed E-state index contributed by atoms with van der Waals surface area (Å²) in [6.07, 6.45) is 0.472. The van der Waals surface area contributed by atoms with Crippen molar-refractivity contribution in [2.24, 2.45) is 5.41 Å². The minimum atomic E-state index is -1.74. The molecule has 0 spiro atoms. The molecule has 0 aliphatic heterocycles. The summed E-state index contributed by atoms with van der Waals surface area (Å²) in [7, 11) is -1.74. The molecule has 0 aliphatic carbocycles. The molecule has 1 radical (unpaired) electrons. The molecular weight excluding hydrogens is 1010 g/mol. The zero-order chi connectivity index (χ0) is 49.1. The van der Waals surface area contributed by atoms with Crippen molar-refractivity contribution < 1.29 is 27.3 Å². The zero-order valence-electron chi connectivity index (χ0n) is 43.9. The van der Waals surface area contributed by atoms with Crippen molar-refractivity contribution in [2.45, 2.75) is 119 Å². The van der Waals surface area contributed by atoms with Gasteiger partial charge in [-0.1, -0.05) is 166 Å². The van der Waals surface area contributed by atoms with Gasteiger partial charge in [-0.25, -0.2) is 0 Å². The molecule has 0 fully saturated rings. The normalized spacial score (nSPS) is 12.9. The number of aryl methyl sites for hydroxylation is 1. The summed E-state index contributed by atoms with van der Waals surface area (Å²) in [5, 5.41) is 3.29. The van der Waals surface area contributed by atoms with E-state index in [-0.39, 0.29) is 25.5 Å². The summed E-state index contributed by atoms with van der Waals surface area (Å²) < 4.78 is 26.7. The molecule has 0 saturated carbocycles. The molecule has 9 aromatic rings. The van der Waals surface area contributed by atoms with Crippen LogP contribution in [0, 0.1) is 24.5 Å². The van der Waals surface area contributed by atoms with E-state index >= 15 is 0 Å². The van der Waals surface area contributed by atoms with Crippen molar-refractivity contribution in [1.82, 2.24) is 14.5 Å². The SMILES string of the molecule is Cc1ccc2c(c1)oc1c(-c3nc4ccccc4n3-c3c(C(C)C)cc(-c4ccccc4)cc3C(C)C)[c-]ccc12.[2H]C([2H])(c1cc(-c2[c-]ccc(C(C)(C)C)c2)ncc1[Si](C)(C)C)C(C)(C)C.[Ir]. The first-order valence-electron chi connectivity index (χ1n) is 24.5. The van der Waals surface area contributed by atoms with E-state index in [0.717, 1.165) is 66.4 Å². The average Bonchev–Trinajstić information content (AvgIpc) is 3.86. The fourth-order valence-corrected chi connectivity index (χ4v) is 10.2. The van der Waals surface area contributed by atoms with Gasteiger partial charge in [0.2, 0.25) is 0 Å². The molecule has 9 rings (SSSR count). The third-order valence-electron chi connectivity index (χ3n) is 12.3. The Balaban J connectivity index is 0.000000220. The van der Waals surface area contributed by atoms with Crippen molar-refractivity contribution >= 4 is 46.2 Å². The molecule has 0 saturated heterocycles. The predicted molar refractivity (Wildman–Crippen MR) is 284 cm³/mol. The Bertz CT molecular complexity index is 3260. The summed E-state index contributed by atoms with van der Waals surface area (Å²) in [5.74, 6) is 1.45. The van der Waals surface area contributed by atoms with Crippen molar-refractivity contribution in [1.29, 1.82) is 0 Å².